The molecule has 0 aliphatic heterocycles. The number of oxazole rings is 1. The van der Waals surface area contributed by atoms with E-state index in [1.165, 1.54) is 0 Å². The fourth-order valence-electron chi connectivity index (χ4n) is 2.32. The van der Waals surface area contributed by atoms with Crippen molar-refractivity contribution in [3.63, 3.8) is 0 Å². The second-order valence-electron chi connectivity index (χ2n) is 6.25. The molecule has 0 aliphatic rings. The number of halogens is 1. The van der Waals surface area contributed by atoms with Crippen molar-refractivity contribution in [2.75, 3.05) is 11.9 Å². The van der Waals surface area contributed by atoms with E-state index in [0.717, 1.165) is 4.47 Å². The zero-order chi connectivity index (χ0) is 18.7. The second kappa shape index (κ2) is 7.63. The molecule has 136 valence electrons. The first kappa shape index (κ1) is 18.7. The highest BCUT2D eigenvalue weighted by Crippen LogP contribution is 2.32. The van der Waals surface area contributed by atoms with Gasteiger partial charge < -0.3 is 9.73 Å². The van der Waals surface area contributed by atoms with Gasteiger partial charge in [-0.2, -0.15) is 4.98 Å². The molecule has 0 spiro atoms. The van der Waals surface area contributed by atoms with Crippen molar-refractivity contribution < 1.29 is 12.8 Å². The Labute approximate surface area is 161 Å². The highest BCUT2D eigenvalue weighted by molar-refractivity contribution is 9.10. The Bertz CT molecular complexity index is 981. The minimum Gasteiger partial charge on any atom is -0.419 e. The molecule has 0 unspecified atom stereocenters. The topological polar surface area (TPSA) is 72.2 Å². The molecule has 0 saturated carbocycles. The number of benzene rings is 2. The summed E-state index contributed by atoms with van der Waals surface area (Å²) in [4.78, 5) is 4.49. The predicted molar refractivity (Wildman–Crippen MR) is 105 cm³/mol. The molecule has 0 atom stereocenters. The number of sulfone groups is 1. The van der Waals surface area contributed by atoms with Crippen molar-refractivity contribution in [3.8, 4) is 11.5 Å². The van der Waals surface area contributed by atoms with Gasteiger partial charge in [0.2, 0.25) is 26.6 Å². The fourth-order valence-corrected chi connectivity index (χ4v) is 3.89. The van der Waals surface area contributed by atoms with Crippen LogP contribution >= 0.6 is 15.9 Å². The van der Waals surface area contributed by atoms with Crippen LogP contribution in [0.25, 0.3) is 11.5 Å². The third-order valence-electron chi connectivity index (χ3n) is 3.67. The minimum absolute atomic E-state index is 0.0951. The molecule has 1 N–H and O–H groups in total. The van der Waals surface area contributed by atoms with E-state index in [9.17, 15) is 8.42 Å². The van der Waals surface area contributed by atoms with Gasteiger partial charge in [0.25, 0.3) is 0 Å². The van der Waals surface area contributed by atoms with Crippen molar-refractivity contribution in [2.45, 2.75) is 23.8 Å². The summed E-state index contributed by atoms with van der Waals surface area (Å²) in [6.07, 6.45) is 0. The van der Waals surface area contributed by atoms with Crippen molar-refractivity contribution in [1.29, 1.82) is 0 Å². The third-order valence-corrected chi connectivity index (χ3v) is 5.87. The van der Waals surface area contributed by atoms with E-state index in [1.54, 1.807) is 30.3 Å². The fraction of sp³-hybridized carbons (Fsp3) is 0.211. The SMILES string of the molecule is CC(C)CNc1oc(-c2ccc(Br)cc2)nc1S(=O)(=O)c1ccccc1. The van der Waals surface area contributed by atoms with Crippen LogP contribution in [0.5, 0.6) is 0 Å². The lowest BCUT2D eigenvalue weighted by atomic mass is 10.2. The van der Waals surface area contributed by atoms with E-state index < -0.39 is 9.84 Å². The second-order valence-corrected chi connectivity index (χ2v) is 9.03. The first-order valence-electron chi connectivity index (χ1n) is 8.18. The summed E-state index contributed by atoms with van der Waals surface area (Å²) < 4.78 is 32.8. The van der Waals surface area contributed by atoms with Crippen LogP contribution in [0.2, 0.25) is 0 Å². The quantitative estimate of drug-likeness (QED) is 0.590. The van der Waals surface area contributed by atoms with Crippen molar-refractivity contribution >= 4 is 31.7 Å². The Kier molecular flexibility index (Phi) is 5.48. The Morgan fingerprint density at radius 2 is 1.73 bits per heavy atom. The number of hydrogen-bond acceptors (Lipinski definition) is 5. The molecule has 2 aromatic carbocycles. The lowest BCUT2D eigenvalue weighted by Gasteiger charge is -2.07. The van der Waals surface area contributed by atoms with Gasteiger partial charge in [0, 0.05) is 16.6 Å². The number of nitrogens with one attached hydrogen (secondary N) is 1. The van der Waals surface area contributed by atoms with Gasteiger partial charge in [-0.25, -0.2) is 8.42 Å². The van der Waals surface area contributed by atoms with Gasteiger partial charge >= 0.3 is 0 Å². The van der Waals surface area contributed by atoms with Gasteiger partial charge in [-0.05, 0) is 42.3 Å². The van der Waals surface area contributed by atoms with E-state index in [4.69, 9.17) is 4.42 Å². The molecule has 0 fully saturated rings. The molecule has 0 bridgehead atoms. The van der Waals surface area contributed by atoms with Gasteiger partial charge in [0.15, 0.2) is 0 Å². The van der Waals surface area contributed by atoms with E-state index in [1.807, 2.05) is 38.1 Å². The number of anilines is 1. The summed E-state index contributed by atoms with van der Waals surface area (Å²) in [7, 11) is -3.79. The average molecular weight is 435 g/mol. The Morgan fingerprint density at radius 1 is 1.08 bits per heavy atom. The van der Waals surface area contributed by atoms with E-state index in [-0.39, 0.29) is 21.7 Å². The zero-order valence-corrected chi connectivity index (χ0v) is 16.8. The van der Waals surface area contributed by atoms with Crippen LogP contribution in [0.15, 0.2) is 73.4 Å². The minimum atomic E-state index is -3.79. The number of nitrogens with zero attached hydrogens (tertiary/aromatic N) is 1. The van der Waals surface area contributed by atoms with E-state index in [0.29, 0.717) is 18.0 Å². The summed E-state index contributed by atoms with van der Waals surface area (Å²) in [6.45, 7) is 4.64. The Morgan fingerprint density at radius 3 is 2.35 bits per heavy atom. The highest BCUT2D eigenvalue weighted by Gasteiger charge is 2.28. The van der Waals surface area contributed by atoms with Crippen LogP contribution in [0, 0.1) is 5.92 Å². The largest absolute Gasteiger partial charge is 0.419 e. The molecule has 0 aliphatic carbocycles. The van der Waals surface area contributed by atoms with Gasteiger partial charge in [-0.1, -0.05) is 48.0 Å². The summed E-state index contributed by atoms with van der Waals surface area (Å²) in [5, 5.41) is 2.98. The standard InChI is InChI=1S/C19H19BrN2O3S/c1-13(2)12-21-18-19(26(23,24)16-6-4-3-5-7-16)22-17(25-18)14-8-10-15(20)11-9-14/h3-11,13,21H,12H2,1-2H3. The monoisotopic (exact) mass is 434 g/mol. The van der Waals surface area contributed by atoms with Crippen LogP contribution in [-0.4, -0.2) is 19.9 Å². The molecule has 0 radical (unpaired) electrons. The molecule has 0 saturated heterocycles. The third kappa shape index (κ3) is 3.99. The van der Waals surface area contributed by atoms with Gasteiger partial charge in [-0.15, -0.1) is 0 Å². The van der Waals surface area contributed by atoms with Crippen molar-refractivity contribution in [2.24, 2.45) is 5.92 Å². The van der Waals surface area contributed by atoms with Crippen LogP contribution in [0.4, 0.5) is 5.88 Å². The lowest BCUT2D eigenvalue weighted by molar-refractivity contribution is 0.567. The van der Waals surface area contributed by atoms with Crippen LogP contribution in [0.3, 0.4) is 0 Å². The first-order valence-corrected chi connectivity index (χ1v) is 10.5. The summed E-state index contributed by atoms with van der Waals surface area (Å²) >= 11 is 3.38. The first-order chi connectivity index (χ1) is 12.4. The zero-order valence-electron chi connectivity index (χ0n) is 14.4. The summed E-state index contributed by atoms with van der Waals surface area (Å²) in [5.41, 5.74) is 0.704. The molecule has 1 heterocycles. The van der Waals surface area contributed by atoms with Crippen LogP contribution in [0.1, 0.15) is 13.8 Å². The van der Waals surface area contributed by atoms with Gasteiger partial charge in [-0.3, -0.25) is 0 Å². The Balaban J connectivity index is 2.09. The molecular weight excluding hydrogens is 416 g/mol. The normalized spacial score (nSPS) is 11.7. The molecule has 3 rings (SSSR count). The maximum Gasteiger partial charge on any atom is 0.233 e. The Hall–Kier alpha value is -2.12. The number of aromatic nitrogens is 1. The summed E-state index contributed by atoms with van der Waals surface area (Å²) in [5.74, 6) is 0.752. The molecule has 7 heteroatoms. The van der Waals surface area contributed by atoms with Crippen LogP contribution < -0.4 is 5.32 Å². The van der Waals surface area contributed by atoms with Crippen LogP contribution in [-0.2, 0) is 9.84 Å². The molecule has 3 aromatic rings. The smallest absolute Gasteiger partial charge is 0.233 e. The lowest BCUT2D eigenvalue weighted by Crippen LogP contribution is -2.11. The van der Waals surface area contributed by atoms with Gasteiger partial charge in [0.1, 0.15) is 0 Å². The molecule has 0 amide bonds. The van der Waals surface area contributed by atoms with Crippen molar-refractivity contribution in [3.05, 3.63) is 59.1 Å². The summed E-state index contributed by atoms with van der Waals surface area (Å²) in [6, 6.07) is 15.6. The maximum atomic E-state index is 13.0. The molecule has 26 heavy (non-hydrogen) atoms. The molecular formula is C19H19BrN2O3S. The van der Waals surface area contributed by atoms with Crippen molar-refractivity contribution in [1.82, 2.24) is 4.98 Å². The average Bonchev–Trinajstić information content (AvgIpc) is 3.06. The molecule has 1 aromatic heterocycles. The van der Waals surface area contributed by atoms with E-state index in [2.05, 4.69) is 26.2 Å². The van der Waals surface area contributed by atoms with E-state index >= 15 is 0 Å². The highest BCUT2D eigenvalue weighted by atomic mass is 79.9. The number of rotatable bonds is 6. The van der Waals surface area contributed by atoms with Gasteiger partial charge in [0.05, 0.1) is 4.90 Å². The maximum absolute atomic E-state index is 13.0. The predicted octanol–water partition coefficient (Wildman–Crippen LogP) is 5.00. The molecule has 5 nitrogen and oxygen atoms in total. The number of hydrogen-bond donors (Lipinski definition) is 1.